The van der Waals surface area contributed by atoms with Crippen LogP contribution >= 0.6 is 11.6 Å². The number of benzene rings is 1. The van der Waals surface area contributed by atoms with E-state index in [-0.39, 0.29) is 0 Å². The van der Waals surface area contributed by atoms with Gasteiger partial charge in [-0.05, 0) is 23.8 Å². The smallest absolute Gasteiger partial charge is 0.131 e. The Balaban J connectivity index is 2.51. The second-order valence-electron chi connectivity index (χ2n) is 2.95. The summed E-state index contributed by atoms with van der Waals surface area (Å²) in [5.74, 6) is 0. The van der Waals surface area contributed by atoms with Crippen molar-refractivity contribution < 1.29 is 5.21 Å². The molecular weight excluding hydrogens is 200 g/mol. The standard InChI is InChI=1S/C10H9ClN2O/c11-10(13-14)8-3-4-9-7(6-8)2-1-5-12-9/h1-6,10,13-14H. The Bertz CT molecular complexity index is 447. The van der Waals surface area contributed by atoms with Gasteiger partial charge in [0.05, 0.1) is 5.52 Å². The molecular formula is C10H9ClN2O. The summed E-state index contributed by atoms with van der Waals surface area (Å²) < 4.78 is 0. The fourth-order valence-corrected chi connectivity index (χ4v) is 1.46. The molecule has 72 valence electrons. The summed E-state index contributed by atoms with van der Waals surface area (Å²) in [6.45, 7) is 0. The van der Waals surface area contributed by atoms with Gasteiger partial charge in [-0.1, -0.05) is 23.7 Å². The van der Waals surface area contributed by atoms with Crippen LogP contribution in [0.5, 0.6) is 0 Å². The van der Waals surface area contributed by atoms with E-state index in [1.54, 1.807) is 6.20 Å². The van der Waals surface area contributed by atoms with E-state index in [0.29, 0.717) is 0 Å². The van der Waals surface area contributed by atoms with Crippen LogP contribution in [0.2, 0.25) is 0 Å². The number of halogens is 1. The number of hydrogen-bond donors (Lipinski definition) is 2. The third kappa shape index (κ3) is 1.70. The molecule has 0 bridgehead atoms. The van der Waals surface area contributed by atoms with Crippen LogP contribution in [-0.2, 0) is 0 Å². The number of pyridine rings is 1. The highest BCUT2D eigenvalue weighted by Crippen LogP contribution is 2.20. The molecule has 3 nitrogen and oxygen atoms in total. The van der Waals surface area contributed by atoms with Crippen LogP contribution in [0.1, 0.15) is 11.1 Å². The number of rotatable bonds is 2. The van der Waals surface area contributed by atoms with Gasteiger partial charge in [-0.15, -0.1) is 0 Å². The molecule has 2 N–H and O–H groups in total. The van der Waals surface area contributed by atoms with E-state index in [4.69, 9.17) is 16.8 Å². The Morgan fingerprint density at radius 2 is 2.21 bits per heavy atom. The van der Waals surface area contributed by atoms with Gasteiger partial charge in [-0.3, -0.25) is 4.98 Å². The quantitative estimate of drug-likeness (QED) is 0.453. The second kappa shape index (κ2) is 3.92. The molecule has 1 heterocycles. The molecule has 1 unspecified atom stereocenters. The maximum absolute atomic E-state index is 8.66. The van der Waals surface area contributed by atoms with Crippen molar-refractivity contribution in [2.45, 2.75) is 5.50 Å². The van der Waals surface area contributed by atoms with E-state index in [0.717, 1.165) is 16.5 Å². The van der Waals surface area contributed by atoms with Gasteiger partial charge in [0, 0.05) is 11.6 Å². The monoisotopic (exact) mass is 208 g/mol. The van der Waals surface area contributed by atoms with Crippen LogP contribution in [0.15, 0.2) is 36.5 Å². The van der Waals surface area contributed by atoms with Crippen molar-refractivity contribution in [2.75, 3.05) is 0 Å². The lowest BCUT2D eigenvalue weighted by Gasteiger charge is -2.07. The number of hydrogen-bond acceptors (Lipinski definition) is 3. The Kier molecular flexibility index (Phi) is 2.63. The Morgan fingerprint density at radius 1 is 1.36 bits per heavy atom. The number of hydroxylamine groups is 1. The molecule has 0 saturated carbocycles. The molecule has 14 heavy (non-hydrogen) atoms. The Morgan fingerprint density at radius 3 is 3.00 bits per heavy atom. The third-order valence-electron chi connectivity index (χ3n) is 2.03. The molecule has 0 amide bonds. The molecule has 1 atom stereocenters. The van der Waals surface area contributed by atoms with Gasteiger partial charge < -0.3 is 5.21 Å². The zero-order valence-corrected chi connectivity index (χ0v) is 8.07. The lowest BCUT2D eigenvalue weighted by molar-refractivity contribution is 0.155. The van der Waals surface area contributed by atoms with Gasteiger partial charge in [0.15, 0.2) is 0 Å². The molecule has 2 rings (SSSR count). The van der Waals surface area contributed by atoms with E-state index in [2.05, 4.69) is 4.98 Å². The fourth-order valence-electron chi connectivity index (χ4n) is 1.33. The number of nitrogens with zero attached hydrogens (tertiary/aromatic N) is 1. The summed E-state index contributed by atoms with van der Waals surface area (Å²) in [6.07, 6.45) is 1.74. The van der Waals surface area contributed by atoms with Crippen molar-refractivity contribution >= 4 is 22.5 Å². The number of nitrogens with one attached hydrogen (secondary N) is 1. The number of alkyl halides is 1. The first kappa shape index (κ1) is 9.40. The number of fused-ring (bicyclic) bond motifs is 1. The minimum atomic E-state index is -0.584. The molecule has 0 radical (unpaired) electrons. The molecule has 0 saturated heterocycles. The van der Waals surface area contributed by atoms with Gasteiger partial charge in [0.2, 0.25) is 0 Å². The van der Waals surface area contributed by atoms with Crippen molar-refractivity contribution in [2.24, 2.45) is 0 Å². The highest BCUT2D eigenvalue weighted by atomic mass is 35.5. The Labute approximate surface area is 86.3 Å². The number of aromatic nitrogens is 1. The normalized spacial score (nSPS) is 13.0. The minimum absolute atomic E-state index is 0.584. The topological polar surface area (TPSA) is 45.1 Å². The van der Waals surface area contributed by atoms with E-state index >= 15 is 0 Å². The summed E-state index contributed by atoms with van der Waals surface area (Å²) in [6, 6.07) is 9.41. The molecule has 4 heteroatoms. The third-order valence-corrected chi connectivity index (χ3v) is 2.38. The highest BCUT2D eigenvalue weighted by molar-refractivity contribution is 6.20. The lowest BCUT2D eigenvalue weighted by atomic mass is 10.1. The van der Waals surface area contributed by atoms with E-state index < -0.39 is 5.50 Å². The maximum Gasteiger partial charge on any atom is 0.131 e. The zero-order chi connectivity index (χ0) is 9.97. The van der Waals surface area contributed by atoms with Gasteiger partial charge >= 0.3 is 0 Å². The zero-order valence-electron chi connectivity index (χ0n) is 7.31. The van der Waals surface area contributed by atoms with Crippen LogP contribution < -0.4 is 5.48 Å². The van der Waals surface area contributed by atoms with Crippen molar-refractivity contribution in [3.8, 4) is 0 Å². The summed E-state index contributed by atoms with van der Waals surface area (Å²) >= 11 is 5.81. The van der Waals surface area contributed by atoms with Crippen LogP contribution in [0, 0.1) is 0 Å². The molecule has 1 aromatic heterocycles. The van der Waals surface area contributed by atoms with Gasteiger partial charge in [0.25, 0.3) is 0 Å². The SMILES string of the molecule is ONC(Cl)c1ccc2ncccc2c1. The first-order chi connectivity index (χ1) is 6.81. The molecule has 2 aromatic rings. The maximum atomic E-state index is 8.66. The molecule has 0 aliphatic rings. The van der Waals surface area contributed by atoms with E-state index in [1.165, 1.54) is 0 Å². The molecule has 0 aliphatic carbocycles. The molecule has 0 fully saturated rings. The Hall–Kier alpha value is -1.16. The predicted molar refractivity (Wildman–Crippen MR) is 55.3 cm³/mol. The molecule has 0 aliphatic heterocycles. The minimum Gasteiger partial charge on any atom is -0.315 e. The van der Waals surface area contributed by atoms with Gasteiger partial charge in [-0.2, -0.15) is 5.48 Å². The average molecular weight is 209 g/mol. The molecule has 0 spiro atoms. The summed E-state index contributed by atoms with van der Waals surface area (Å²) in [5, 5.41) is 9.67. The van der Waals surface area contributed by atoms with Crippen LogP contribution in [0.3, 0.4) is 0 Å². The van der Waals surface area contributed by atoms with Crippen molar-refractivity contribution in [1.82, 2.24) is 10.5 Å². The lowest BCUT2D eigenvalue weighted by Crippen LogP contribution is -2.10. The fraction of sp³-hybridized carbons (Fsp3) is 0.100. The largest absolute Gasteiger partial charge is 0.315 e. The summed E-state index contributed by atoms with van der Waals surface area (Å²) in [7, 11) is 0. The van der Waals surface area contributed by atoms with E-state index in [9.17, 15) is 0 Å². The van der Waals surface area contributed by atoms with Gasteiger partial charge in [-0.25, -0.2) is 0 Å². The summed E-state index contributed by atoms with van der Waals surface area (Å²) in [4.78, 5) is 4.18. The van der Waals surface area contributed by atoms with Crippen molar-refractivity contribution in [3.05, 3.63) is 42.1 Å². The van der Waals surface area contributed by atoms with Crippen molar-refractivity contribution in [1.29, 1.82) is 0 Å². The highest BCUT2D eigenvalue weighted by Gasteiger charge is 2.05. The summed E-state index contributed by atoms with van der Waals surface area (Å²) in [5.41, 5.74) is 3.14. The van der Waals surface area contributed by atoms with E-state index in [1.807, 2.05) is 35.8 Å². The van der Waals surface area contributed by atoms with Crippen LogP contribution in [0.4, 0.5) is 0 Å². The average Bonchev–Trinajstić information content (AvgIpc) is 2.27. The first-order valence-corrected chi connectivity index (χ1v) is 4.63. The van der Waals surface area contributed by atoms with Crippen molar-refractivity contribution in [3.63, 3.8) is 0 Å². The van der Waals surface area contributed by atoms with Crippen LogP contribution in [-0.4, -0.2) is 10.2 Å². The molecule has 1 aromatic carbocycles. The van der Waals surface area contributed by atoms with Crippen LogP contribution in [0.25, 0.3) is 10.9 Å². The predicted octanol–water partition coefficient (Wildman–Crippen LogP) is 2.45. The first-order valence-electron chi connectivity index (χ1n) is 4.19. The second-order valence-corrected chi connectivity index (χ2v) is 3.38. The van der Waals surface area contributed by atoms with Gasteiger partial charge in [0.1, 0.15) is 5.50 Å².